The molecule has 2 fully saturated rings. The Bertz CT molecular complexity index is 1120. The summed E-state index contributed by atoms with van der Waals surface area (Å²) in [7, 11) is 0. The number of hydrogen-bond acceptors (Lipinski definition) is 3. The van der Waals surface area contributed by atoms with Gasteiger partial charge in [-0.15, -0.1) is 0 Å². The predicted molar refractivity (Wildman–Crippen MR) is 125 cm³/mol. The number of nitrogens with zero attached hydrogens (tertiary/aromatic N) is 3. The van der Waals surface area contributed by atoms with Crippen molar-refractivity contribution in [3.05, 3.63) is 88.7 Å². The quantitative estimate of drug-likeness (QED) is 0.641. The third kappa shape index (κ3) is 3.65. The molecule has 2 aromatic carbocycles. The number of carbonyl (C=O) groups excluding carboxylic acids is 1. The summed E-state index contributed by atoms with van der Waals surface area (Å²) in [5.74, 6) is 0.0936. The number of hydrogen-bond donors (Lipinski definition) is 1. The smallest absolute Gasteiger partial charge is 0.254 e. The lowest BCUT2D eigenvalue weighted by Gasteiger charge is -2.36. The molecule has 3 aromatic rings. The second-order valence-corrected chi connectivity index (χ2v) is 9.63. The largest absolute Gasteiger partial charge is 0.396 e. The van der Waals surface area contributed by atoms with Crippen LogP contribution in [0.1, 0.15) is 52.1 Å². The monoisotopic (exact) mass is 429 g/mol. The molecule has 0 spiro atoms. The Balaban J connectivity index is 1.38. The van der Waals surface area contributed by atoms with E-state index >= 15 is 0 Å². The molecule has 0 radical (unpaired) electrons. The van der Waals surface area contributed by atoms with Crippen LogP contribution in [0.4, 0.5) is 0 Å². The molecule has 2 aliphatic rings. The zero-order valence-electron chi connectivity index (χ0n) is 18.9. The van der Waals surface area contributed by atoms with Gasteiger partial charge in [-0.3, -0.25) is 9.48 Å². The molecular weight excluding hydrogens is 398 g/mol. The molecular formula is C27H31N3O2. The molecule has 1 N–H and O–H groups in total. The van der Waals surface area contributed by atoms with E-state index in [9.17, 15) is 9.90 Å². The molecule has 2 saturated heterocycles. The highest BCUT2D eigenvalue weighted by Crippen LogP contribution is 2.51. The van der Waals surface area contributed by atoms with Crippen molar-refractivity contribution in [3.8, 4) is 0 Å². The molecule has 3 atom stereocenters. The summed E-state index contributed by atoms with van der Waals surface area (Å²) >= 11 is 0. The van der Waals surface area contributed by atoms with Gasteiger partial charge in [0.15, 0.2) is 0 Å². The van der Waals surface area contributed by atoms with E-state index in [-0.39, 0.29) is 30.0 Å². The van der Waals surface area contributed by atoms with Crippen molar-refractivity contribution in [1.29, 1.82) is 0 Å². The van der Waals surface area contributed by atoms with Gasteiger partial charge in [-0.2, -0.15) is 5.10 Å². The van der Waals surface area contributed by atoms with Crippen LogP contribution in [0.3, 0.4) is 0 Å². The van der Waals surface area contributed by atoms with Gasteiger partial charge in [0.25, 0.3) is 5.91 Å². The number of aryl methyl sites for hydroxylation is 2. The molecule has 166 valence electrons. The van der Waals surface area contributed by atoms with Gasteiger partial charge in [-0.05, 0) is 68.9 Å². The number of fused-ring (bicyclic) bond motifs is 2. The minimum atomic E-state index is -0.249. The third-order valence-corrected chi connectivity index (χ3v) is 7.41. The number of aromatic nitrogens is 2. The van der Waals surface area contributed by atoms with Crippen molar-refractivity contribution in [2.75, 3.05) is 6.61 Å². The summed E-state index contributed by atoms with van der Waals surface area (Å²) in [6.07, 6.45) is 3.68. The van der Waals surface area contributed by atoms with Crippen molar-refractivity contribution in [3.63, 3.8) is 0 Å². The number of benzene rings is 2. The minimum absolute atomic E-state index is 0.0878. The molecule has 0 saturated carbocycles. The highest BCUT2D eigenvalue weighted by Gasteiger charge is 2.57. The second-order valence-electron chi connectivity index (χ2n) is 9.63. The van der Waals surface area contributed by atoms with Crippen molar-refractivity contribution in [1.82, 2.24) is 14.7 Å². The van der Waals surface area contributed by atoms with Crippen molar-refractivity contribution < 1.29 is 9.90 Å². The molecule has 5 heteroatoms. The van der Waals surface area contributed by atoms with Crippen LogP contribution < -0.4 is 0 Å². The second kappa shape index (κ2) is 8.21. The standard InChI is InChI=1S/C27H31N3O2/c1-19-13-20(2)29(28-19)17-22-9-6-10-23(14-22)26(32)30-24-11-12-25(30)27(16-24,18-31)15-21-7-4-3-5-8-21/h3-10,13-14,24-25,31H,11-12,15-18H2,1-2H3/t24-,25+,27-/m1/s1. The maximum absolute atomic E-state index is 13.7. The van der Waals surface area contributed by atoms with Crippen LogP contribution in [0.2, 0.25) is 0 Å². The number of amides is 1. The Kier molecular flexibility index (Phi) is 5.38. The van der Waals surface area contributed by atoms with E-state index in [1.165, 1.54) is 5.56 Å². The molecule has 5 rings (SSSR count). The van der Waals surface area contributed by atoms with Crippen molar-refractivity contribution in [2.24, 2.45) is 5.41 Å². The highest BCUT2D eigenvalue weighted by molar-refractivity contribution is 5.95. The molecule has 0 aliphatic carbocycles. The Morgan fingerprint density at radius 1 is 1.06 bits per heavy atom. The lowest BCUT2D eigenvalue weighted by atomic mass is 9.70. The van der Waals surface area contributed by atoms with Crippen LogP contribution >= 0.6 is 0 Å². The maximum atomic E-state index is 13.7. The Morgan fingerprint density at radius 2 is 1.84 bits per heavy atom. The van der Waals surface area contributed by atoms with Crippen LogP contribution in [0.25, 0.3) is 0 Å². The summed E-state index contributed by atoms with van der Waals surface area (Å²) in [4.78, 5) is 15.7. The first-order chi connectivity index (χ1) is 15.5. The molecule has 2 aliphatic heterocycles. The van der Waals surface area contributed by atoms with E-state index in [4.69, 9.17) is 0 Å². The van der Waals surface area contributed by atoms with Crippen LogP contribution in [0, 0.1) is 19.3 Å². The van der Waals surface area contributed by atoms with Gasteiger partial charge in [0.2, 0.25) is 0 Å². The van der Waals surface area contributed by atoms with Crippen LogP contribution in [-0.2, 0) is 13.0 Å². The third-order valence-electron chi connectivity index (χ3n) is 7.41. The van der Waals surface area contributed by atoms with Gasteiger partial charge in [-0.25, -0.2) is 0 Å². The lowest BCUT2D eigenvalue weighted by Crippen LogP contribution is -2.44. The van der Waals surface area contributed by atoms with Crippen LogP contribution in [0.15, 0.2) is 60.7 Å². The average Bonchev–Trinajstić information content (AvgIpc) is 3.45. The van der Waals surface area contributed by atoms with Gasteiger partial charge in [-0.1, -0.05) is 42.5 Å². The van der Waals surface area contributed by atoms with Crippen LogP contribution in [0.5, 0.6) is 0 Å². The van der Waals surface area contributed by atoms with Crippen molar-refractivity contribution in [2.45, 2.75) is 58.2 Å². The van der Waals surface area contributed by atoms with E-state index in [2.05, 4.69) is 41.2 Å². The Morgan fingerprint density at radius 3 is 2.56 bits per heavy atom. The minimum Gasteiger partial charge on any atom is -0.396 e. The maximum Gasteiger partial charge on any atom is 0.254 e. The average molecular weight is 430 g/mol. The van der Waals surface area contributed by atoms with Gasteiger partial charge >= 0.3 is 0 Å². The molecule has 1 aromatic heterocycles. The number of aliphatic hydroxyl groups is 1. The van der Waals surface area contributed by atoms with Gasteiger partial charge < -0.3 is 10.0 Å². The first-order valence-electron chi connectivity index (χ1n) is 11.6. The van der Waals surface area contributed by atoms with Crippen molar-refractivity contribution >= 4 is 5.91 Å². The molecule has 0 unspecified atom stereocenters. The molecule has 1 amide bonds. The lowest BCUT2D eigenvalue weighted by molar-refractivity contribution is 0.0571. The zero-order valence-corrected chi connectivity index (χ0v) is 18.9. The topological polar surface area (TPSA) is 58.4 Å². The molecule has 5 nitrogen and oxygen atoms in total. The van der Waals surface area contributed by atoms with Gasteiger partial charge in [0.1, 0.15) is 0 Å². The fourth-order valence-electron chi connectivity index (χ4n) is 5.98. The summed E-state index contributed by atoms with van der Waals surface area (Å²) in [5.41, 5.74) is 4.91. The number of carbonyl (C=O) groups is 1. The summed E-state index contributed by atoms with van der Waals surface area (Å²) in [5, 5.41) is 15.0. The number of aliphatic hydroxyl groups excluding tert-OH is 1. The van der Waals surface area contributed by atoms with E-state index in [1.54, 1.807) is 0 Å². The summed E-state index contributed by atoms with van der Waals surface area (Å²) in [6.45, 7) is 4.82. The molecule has 32 heavy (non-hydrogen) atoms. The fraction of sp³-hybridized carbons (Fsp3) is 0.407. The first-order valence-corrected chi connectivity index (χ1v) is 11.6. The van der Waals surface area contributed by atoms with Gasteiger partial charge in [0.05, 0.1) is 18.8 Å². The summed E-state index contributed by atoms with van der Waals surface area (Å²) < 4.78 is 1.98. The van der Waals surface area contributed by atoms with E-state index in [1.807, 2.05) is 48.0 Å². The summed E-state index contributed by atoms with van der Waals surface area (Å²) in [6, 6.07) is 20.7. The normalized spacial score (nSPS) is 24.3. The van der Waals surface area contributed by atoms with Gasteiger partial charge in [0, 0.05) is 28.8 Å². The fourth-order valence-corrected chi connectivity index (χ4v) is 5.98. The number of rotatable bonds is 6. The van der Waals surface area contributed by atoms with E-state index in [0.29, 0.717) is 6.54 Å². The van der Waals surface area contributed by atoms with E-state index < -0.39 is 0 Å². The zero-order chi connectivity index (χ0) is 22.3. The SMILES string of the molecule is Cc1cc(C)n(Cc2cccc(C(=O)N3[C@@H]4CC[C@H]3[C@](CO)(Cc3ccccc3)C4)c2)n1. The highest BCUT2D eigenvalue weighted by atomic mass is 16.3. The molecule has 3 heterocycles. The predicted octanol–water partition coefficient (Wildman–Crippen LogP) is 4.15. The Hall–Kier alpha value is -2.92. The molecule has 2 bridgehead atoms. The first kappa shape index (κ1) is 21.0. The Labute approximate surface area is 189 Å². The van der Waals surface area contributed by atoms with Crippen LogP contribution in [-0.4, -0.2) is 44.4 Å². The van der Waals surface area contributed by atoms with E-state index in [0.717, 1.165) is 48.2 Å².